The van der Waals surface area contributed by atoms with Crippen molar-refractivity contribution < 1.29 is 18.4 Å². The number of furan rings is 1. The van der Waals surface area contributed by atoms with Gasteiger partial charge in [-0.3, -0.25) is 4.79 Å². The Balaban J connectivity index is 1.46. The maximum absolute atomic E-state index is 12.7. The number of methoxy groups -OCH3 is 1. The maximum Gasteiger partial charge on any atom is 0.340 e. The number of hydrogen-bond donors (Lipinski definition) is 1. The number of rotatable bonds is 6. The van der Waals surface area contributed by atoms with Crippen LogP contribution in [0.1, 0.15) is 16.7 Å². The molecule has 0 atom stereocenters. The van der Waals surface area contributed by atoms with Gasteiger partial charge in [0.05, 0.1) is 25.4 Å². The minimum atomic E-state index is -0.532. The minimum absolute atomic E-state index is 0.0818. The molecule has 0 spiro atoms. The molecule has 6 nitrogen and oxygen atoms in total. The lowest BCUT2D eigenvalue weighted by atomic mass is 9.99. The summed E-state index contributed by atoms with van der Waals surface area (Å²) in [4.78, 5) is 25.4. The van der Waals surface area contributed by atoms with E-state index < -0.39 is 5.63 Å². The van der Waals surface area contributed by atoms with Crippen molar-refractivity contribution in [3.05, 3.63) is 99.1 Å². The number of carbonyl (C=O) groups is 1. The number of ether oxygens (including phenoxy) is 1. The zero-order chi connectivity index (χ0) is 24.5. The fraction of sp³-hybridized carbons (Fsp3) is 0.143. The molecule has 2 aromatic heterocycles. The molecule has 0 bridgehead atoms. The summed E-state index contributed by atoms with van der Waals surface area (Å²) in [6.07, 6.45) is 1.59. The molecule has 35 heavy (non-hydrogen) atoms. The topological polar surface area (TPSA) is 81.7 Å². The van der Waals surface area contributed by atoms with Crippen molar-refractivity contribution in [2.24, 2.45) is 0 Å². The first-order valence-corrected chi connectivity index (χ1v) is 11.4. The molecular formula is C28H22ClNO5. The highest BCUT2D eigenvalue weighted by molar-refractivity contribution is 6.30. The lowest BCUT2D eigenvalue weighted by Crippen LogP contribution is -2.27. The molecule has 7 heteroatoms. The number of aryl methyl sites for hydroxylation is 1. The van der Waals surface area contributed by atoms with Gasteiger partial charge in [0.25, 0.3) is 0 Å². The van der Waals surface area contributed by atoms with Gasteiger partial charge in [0.1, 0.15) is 16.9 Å². The molecule has 0 saturated carbocycles. The Hall–Kier alpha value is -4.03. The van der Waals surface area contributed by atoms with Crippen molar-refractivity contribution >= 4 is 39.4 Å². The molecule has 0 fully saturated rings. The zero-order valence-corrected chi connectivity index (χ0v) is 19.9. The predicted octanol–water partition coefficient (Wildman–Crippen LogP) is 6.04. The van der Waals surface area contributed by atoms with Crippen LogP contribution in [-0.2, 0) is 17.8 Å². The van der Waals surface area contributed by atoms with Gasteiger partial charge in [0, 0.05) is 34.0 Å². The van der Waals surface area contributed by atoms with Gasteiger partial charge in [-0.1, -0.05) is 35.9 Å². The van der Waals surface area contributed by atoms with Crippen LogP contribution in [0.15, 0.2) is 80.6 Å². The Kier molecular flexibility index (Phi) is 6.05. The highest BCUT2D eigenvalue weighted by Crippen LogP contribution is 2.35. The molecule has 0 saturated heterocycles. The molecule has 0 radical (unpaired) electrons. The van der Waals surface area contributed by atoms with Crippen LogP contribution in [0.3, 0.4) is 0 Å². The lowest BCUT2D eigenvalue weighted by Gasteiger charge is -2.10. The SMILES string of the molecule is COc1cccc(CNC(=O)Cc2c(C)c3cc4c(-c5ccc(Cl)cc5)coc4cc3oc2=O)c1. The quantitative estimate of drug-likeness (QED) is 0.295. The molecule has 1 amide bonds. The number of benzene rings is 3. The van der Waals surface area contributed by atoms with E-state index in [9.17, 15) is 9.59 Å². The van der Waals surface area contributed by atoms with Crippen LogP contribution in [0, 0.1) is 6.92 Å². The number of nitrogens with one attached hydrogen (secondary N) is 1. The average Bonchev–Trinajstić information content (AvgIpc) is 3.27. The van der Waals surface area contributed by atoms with Gasteiger partial charge < -0.3 is 18.9 Å². The van der Waals surface area contributed by atoms with Crippen LogP contribution < -0.4 is 15.7 Å². The van der Waals surface area contributed by atoms with E-state index in [4.69, 9.17) is 25.2 Å². The fourth-order valence-corrected chi connectivity index (χ4v) is 4.30. The second-order valence-corrected chi connectivity index (χ2v) is 8.74. The van der Waals surface area contributed by atoms with Crippen LogP contribution in [0.4, 0.5) is 0 Å². The van der Waals surface area contributed by atoms with E-state index in [1.54, 1.807) is 19.4 Å². The van der Waals surface area contributed by atoms with Gasteiger partial charge in [-0.05, 0) is 53.9 Å². The highest BCUT2D eigenvalue weighted by atomic mass is 35.5. The normalized spacial score (nSPS) is 11.2. The summed E-state index contributed by atoms with van der Waals surface area (Å²) in [6.45, 7) is 2.16. The summed E-state index contributed by atoms with van der Waals surface area (Å²) in [5.41, 5.74) is 4.29. The van der Waals surface area contributed by atoms with E-state index >= 15 is 0 Å². The summed E-state index contributed by atoms with van der Waals surface area (Å²) in [7, 11) is 1.59. The van der Waals surface area contributed by atoms with Crippen molar-refractivity contribution in [3.8, 4) is 16.9 Å². The van der Waals surface area contributed by atoms with Crippen molar-refractivity contribution in [1.29, 1.82) is 0 Å². The Morgan fingerprint density at radius 3 is 2.60 bits per heavy atom. The first kappa shape index (κ1) is 22.7. The van der Waals surface area contributed by atoms with Crippen molar-refractivity contribution in [1.82, 2.24) is 5.32 Å². The van der Waals surface area contributed by atoms with Crippen LogP contribution in [0.2, 0.25) is 5.02 Å². The van der Waals surface area contributed by atoms with Crippen LogP contribution in [0.25, 0.3) is 33.1 Å². The molecule has 5 aromatic rings. The third-order valence-corrected chi connectivity index (χ3v) is 6.35. The van der Waals surface area contributed by atoms with Gasteiger partial charge >= 0.3 is 5.63 Å². The Bertz CT molecular complexity index is 1620. The monoisotopic (exact) mass is 487 g/mol. The lowest BCUT2D eigenvalue weighted by molar-refractivity contribution is -0.120. The molecule has 5 rings (SSSR count). The second kappa shape index (κ2) is 9.31. The Morgan fingerprint density at radius 1 is 1.03 bits per heavy atom. The number of halogens is 1. The average molecular weight is 488 g/mol. The molecule has 176 valence electrons. The third-order valence-electron chi connectivity index (χ3n) is 6.10. The number of amides is 1. The Morgan fingerprint density at radius 2 is 1.83 bits per heavy atom. The largest absolute Gasteiger partial charge is 0.497 e. The first-order chi connectivity index (χ1) is 16.9. The van der Waals surface area contributed by atoms with E-state index in [0.29, 0.717) is 39.6 Å². The molecule has 2 heterocycles. The number of hydrogen-bond acceptors (Lipinski definition) is 5. The molecule has 3 aromatic carbocycles. The van der Waals surface area contributed by atoms with Crippen molar-refractivity contribution in [2.45, 2.75) is 19.9 Å². The molecular weight excluding hydrogens is 466 g/mol. The van der Waals surface area contributed by atoms with E-state index in [1.165, 1.54) is 0 Å². The van der Waals surface area contributed by atoms with Crippen LogP contribution in [-0.4, -0.2) is 13.0 Å². The summed E-state index contributed by atoms with van der Waals surface area (Å²) in [5.74, 6) is 0.445. The standard InChI is InChI=1S/C28H22ClNO5/c1-16-21-11-23-24(18-6-8-19(29)9-7-18)15-34-25(23)13-26(21)35-28(32)22(16)12-27(31)30-14-17-4-3-5-20(10-17)33-2/h3-11,13,15H,12,14H2,1-2H3,(H,30,31). The number of carbonyl (C=O) groups excluding carboxylic acids is 1. The summed E-state index contributed by atoms with van der Waals surface area (Å²) in [5, 5.41) is 5.15. The van der Waals surface area contributed by atoms with E-state index in [2.05, 4.69) is 5.32 Å². The van der Waals surface area contributed by atoms with Crippen LogP contribution >= 0.6 is 11.6 Å². The van der Waals surface area contributed by atoms with Gasteiger partial charge in [-0.2, -0.15) is 0 Å². The van der Waals surface area contributed by atoms with Gasteiger partial charge in [-0.25, -0.2) is 4.79 Å². The van der Waals surface area contributed by atoms with Crippen LogP contribution in [0.5, 0.6) is 5.75 Å². The van der Waals surface area contributed by atoms with Gasteiger partial charge in [0.2, 0.25) is 5.91 Å². The van der Waals surface area contributed by atoms with E-state index in [-0.39, 0.29) is 12.3 Å². The Labute approximate surface area is 206 Å². The summed E-state index contributed by atoms with van der Waals surface area (Å²) >= 11 is 6.03. The molecule has 0 aliphatic heterocycles. The predicted molar refractivity (Wildman–Crippen MR) is 136 cm³/mol. The second-order valence-electron chi connectivity index (χ2n) is 8.30. The van der Waals surface area contributed by atoms with Gasteiger partial charge in [-0.15, -0.1) is 0 Å². The first-order valence-electron chi connectivity index (χ1n) is 11.1. The minimum Gasteiger partial charge on any atom is -0.497 e. The maximum atomic E-state index is 12.7. The summed E-state index contributed by atoms with van der Waals surface area (Å²) in [6, 6.07) is 18.6. The molecule has 0 aliphatic carbocycles. The molecule has 1 N–H and O–H groups in total. The molecule has 0 aliphatic rings. The fourth-order valence-electron chi connectivity index (χ4n) is 4.17. The van der Waals surface area contributed by atoms with Gasteiger partial charge in [0.15, 0.2) is 0 Å². The van der Waals surface area contributed by atoms with Crippen molar-refractivity contribution in [3.63, 3.8) is 0 Å². The van der Waals surface area contributed by atoms with E-state index in [0.717, 1.165) is 27.5 Å². The third kappa shape index (κ3) is 4.53. The highest BCUT2D eigenvalue weighted by Gasteiger charge is 2.18. The van der Waals surface area contributed by atoms with Crippen molar-refractivity contribution in [2.75, 3.05) is 7.11 Å². The summed E-state index contributed by atoms with van der Waals surface area (Å²) < 4.78 is 16.5. The number of fused-ring (bicyclic) bond motifs is 2. The van der Waals surface area contributed by atoms with E-state index in [1.807, 2.05) is 61.5 Å². The zero-order valence-electron chi connectivity index (χ0n) is 19.2. The molecule has 0 unspecified atom stereocenters. The smallest absolute Gasteiger partial charge is 0.340 e.